The fraction of sp³-hybridized carbons (Fsp3) is 0.750. The molecule has 29 heavy (non-hydrogen) atoms. The summed E-state index contributed by atoms with van der Waals surface area (Å²) in [6.07, 6.45) is -0.598. The Morgan fingerprint density at radius 1 is 1.10 bits per heavy atom. The molecule has 2 fully saturated rings. The van der Waals surface area contributed by atoms with Crippen LogP contribution in [0.3, 0.4) is 0 Å². The maximum Gasteiger partial charge on any atom is 0.339 e. The van der Waals surface area contributed by atoms with Gasteiger partial charge in [0.05, 0.1) is 36.1 Å². The van der Waals surface area contributed by atoms with Gasteiger partial charge < -0.3 is 14.9 Å². The van der Waals surface area contributed by atoms with Gasteiger partial charge in [0.1, 0.15) is 9.75 Å². The Hall–Kier alpha value is 1.13. The molecule has 4 N–H and O–H groups in total. The van der Waals surface area contributed by atoms with Crippen LogP contribution in [-0.4, -0.2) is 65.2 Å². The second-order valence-electron chi connectivity index (χ2n) is 6.26. The minimum absolute atomic E-state index is 0.0107. The van der Waals surface area contributed by atoms with Crippen molar-refractivity contribution in [3.63, 3.8) is 0 Å². The first kappa shape index (κ1) is 26.4. The van der Waals surface area contributed by atoms with Crippen molar-refractivity contribution in [2.75, 3.05) is 26.0 Å². The van der Waals surface area contributed by atoms with Crippen LogP contribution < -0.4 is 5.32 Å². The molecule has 3 aliphatic rings. The van der Waals surface area contributed by atoms with Crippen molar-refractivity contribution in [1.29, 1.82) is 0 Å². The normalized spacial score (nSPS) is 38.1. The third kappa shape index (κ3) is 4.62. The summed E-state index contributed by atoms with van der Waals surface area (Å²) in [5.41, 5.74) is 0. The van der Waals surface area contributed by atoms with E-state index in [1.54, 1.807) is 0 Å². The molecule has 0 aromatic heterocycles. The van der Waals surface area contributed by atoms with Crippen LogP contribution in [0.4, 0.5) is 0 Å². The summed E-state index contributed by atoms with van der Waals surface area (Å²) >= 11 is 36.4. The van der Waals surface area contributed by atoms with E-state index in [1.165, 1.54) is 0 Å². The van der Waals surface area contributed by atoms with Gasteiger partial charge in [0.25, 0.3) is 0 Å². The van der Waals surface area contributed by atoms with Crippen LogP contribution in [0.2, 0.25) is 0 Å². The van der Waals surface area contributed by atoms with Gasteiger partial charge in [0.15, 0.2) is 4.33 Å². The highest BCUT2D eigenvalue weighted by Crippen LogP contribution is 2.76. The van der Waals surface area contributed by atoms with Gasteiger partial charge in [-0.2, -0.15) is 4.21 Å². The Morgan fingerprint density at radius 3 is 1.86 bits per heavy atom. The van der Waals surface area contributed by atoms with E-state index in [1.807, 2.05) is 0 Å². The minimum atomic E-state index is -4.10. The van der Waals surface area contributed by atoms with Gasteiger partial charge >= 0.3 is 24.9 Å². The lowest BCUT2D eigenvalue weighted by atomic mass is 9.83. The van der Waals surface area contributed by atoms with Crippen LogP contribution in [0, 0.1) is 11.8 Å². The highest BCUT2D eigenvalue weighted by Gasteiger charge is 2.82. The number of hydrogen-bond donors (Lipinski definition) is 4. The van der Waals surface area contributed by atoms with E-state index in [0.717, 1.165) is 0 Å². The molecule has 4 atom stereocenters. The van der Waals surface area contributed by atoms with Crippen LogP contribution >= 0.6 is 77.2 Å². The standard InChI is InChI=1S/C9H6Cl6O3S.C3H8NO5P/c10-5-6(11)8(13)4-2-18-19(16)17-1-3(4)7(5,12)9(8,14)15;5-3(6)1-4-2-10(7,8)9/h3-4H,1-2H2;4H,1-2H2,(H,5,6)(H2,7,8,9). The van der Waals surface area contributed by atoms with Gasteiger partial charge in [-0.3, -0.25) is 23.0 Å². The van der Waals surface area contributed by atoms with Crippen LogP contribution in [-0.2, 0) is 29.1 Å². The summed E-state index contributed by atoms with van der Waals surface area (Å²) in [6.45, 7) is -0.418. The average molecular weight is 576 g/mol. The lowest BCUT2D eigenvalue weighted by molar-refractivity contribution is -0.135. The molecular formula is C12H14Cl6NO8PS. The summed E-state index contributed by atoms with van der Waals surface area (Å²) in [5.74, 6) is -2.06. The molecule has 168 valence electrons. The van der Waals surface area contributed by atoms with E-state index < -0.39 is 63.7 Å². The Labute approximate surface area is 197 Å². The van der Waals surface area contributed by atoms with Gasteiger partial charge in [-0.1, -0.05) is 46.4 Å². The maximum absolute atomic E-state index is 11.3. The molecular weight excluding hydrogens is 562 g/mol. The summed E-state index contributed by atoms with van der Waals surface area (Å²) < 4.78 is 29.8. The first-order valence-electron chi connectivity index (χ1n) is 7.58. The lowest BCUT2D eigenvalue weighted by Crippen LogP contribution is -2.45. The van der Waals surface area contributed by atoms with E-state index in [-0.39, 0.29) is 23.3 Å². The van der Waals surface area contributed by atoms with Crippen LogP contribution in [0.25, 0.3) is 0 Å². The lowest BCUT2D eigenvalue weighted by Gasteiger charge is -2.33. The molecule has 0 radical (unpaired) electrons. The molecule has 17 heteroatoms. The van der Waals surface area contributed by atoms with E-state index in [4.69, 9.17) is 92.9 Å². The topological polar surface area (TPSA) is 142 Å². The molecule has 0 aromatic carbocycles. The van der Waals surface area contributed by atoms with E-state index in [9.17, 15) is 13.6 Å². The van der Waals surface area contributed by atoms with Gasteiger partial charge in [-0.05, 0) is 0 Å². The van der Waals surface area contributed by atoms with E-state index >= 15 is 0 Å². The minimum Gasteiger partial charge on any atom is -0.480 e. The Balaban J connectivity index is 0.000000257. The third-order valence-electron chi connectivity index (χ3n) is 4.53. The first-order chi connectivity index (χ1) is 13.1. The number of hydrogen-bond acceptors (Lipinski definition) is 6. The monoisotopic (exact) mass is 573 g/mol. The van der Waals surface area contributed by atoms with E-state index in [0.29, 0.717) is 0 Å². The highest BCUT2D eigenvalue weighted by molar-refractivity contribution is 7.75. The van der Waals surface area contributed by atoms with E-state index in [2.05, 4.69) is 5.32 Å². The number of aliphatic carboxylic acids is 1. The van der Waals surface area contributed by atoms with Gasteiger partial charge in [-0.15, -0.1) is 23.2 Å². The van der Waals surface area contributed by atoms with Crippen molar-refractivity contribution >= 4 is 94.5 Å². The Morgan fingerprint density at radius 2 is 1.52 bits per heavy atom. The number of carboxylic acid groups (broad SMARTS) is 1. The molecule has 0 amide bonds. The second-order valence-corrected chi connectivity index (χ2v) is 12.1. The summed E-state index contributed by atoms with van der Waals surface area (Å²) in [7, 11) is -4.10. The number of fused-ring (bicyclic) bond motifs is 5. The van der Waals surface area contributed by atoms with Crippen LogP contribution in [0.1, 0.15) is 0 Å². The van der Waals surface area contributed by atoms with Crippen LogP contribution in [0.15, 0.2) is 10.1 Å². The number of carbonyl (C=O) groups is 1. The second kappa shape index (κ2) is 9.17. The number of halogens is 6. The number of rotatable bonds is 4. The molecule has 0 aromatic rings. The molecule has 9 nitrogen and oxygen atoms in total. The van der Waals surface area contributed by atoms with Crippen molar-refractivity contribution in [2.45, 2.75) is 14.1 Å². The Bertz CT molecular complexity index is 754. The van der Waals surface area contributed by atoms with Crippen molar-refractivity contribution in [3.05, 3.63) is 10.1 Å². The molecule has 2 aliphatic carbocycles. The van der Waals surface area contributed by atoms with Crippen LogP contribution in [0.5, 0.6) is 0 Å². The molecule has 2 bridgehead atoms. The zero-order valence-corrected chi connectivity index (χ0v) is 20.2. The predicted octanol–water partition coefficient (Wildman–Crippen LogP) is 2.49. The largest absolute Gasteiger partial charge is 0.480 e. The maximum atomic E-state index is 11.3. The quantitative estimate of drug-likeness (QED) is 0.294. The number of allylic oxidation sites excluding steroid dienone is 2. The van der Waals surface area contributed by atoms with Crippen molar-refractivity contribution in [3.8, 4) is 0 Å². The molecule has 1 saturated heterocycles. The predicted molar refractivity (Wildman–Crippen MR) is 110 cm³/mol. The number of nitrogens with one attached hydrogen (secondary N) is 1. The third-order valence-corrected chi connectivity index (χ3v) is 10.2. The molecule has 3 rings (SSSR count). The van der Waals surface area contributed by atoms with Gasteiger partial charge in [0, 0.05) is 11.8 Å². The summed E-state index contributed by atoms with van der Waals surface area (Å²) in [5, 5.41) is 10.3. The molecule has 4 unspecified atom stereocenters. The van der Waals surface area contributed by atoms with Gasteiger partial charge in [0.2, 0.25) is 0 Å². The first-order valence-corrected chi connectivity index (χ1v) is 12.6. The SMILES string of the molecule is O=C(O)CNCP(=O)(O)O.O=S1OCC2C(CO1)C1(Cl)C(Cl)=C(Cl)C2(Cl)C1(Cl)Cl. The average Bonchev–Trinajstić information content (AvgIpc) is 2.75. The van der Waals surface area contributed by atoms with Crippen molar-refractivity contribution in [2.24, 2.45) is 11.8 Å². The molecule has 1 heterocycles. The number of carboxylic acids is 1. The van der Waals surface area contributed by atoms with Crippen molar-refractivity contribution < 1.29 is 36.8 Å². The zero-order chi connectivity index (χ0) is 22.4. The van der Waals surface area contributed by atoms with Crippen molar-refractivity contribution in [1.82, 2.24) is 5.32 Å². The van der Waals surface area contributed by atoms with Gasteiger partial charge in [-0.25, -0.2) is 0 Å². The highest BCUT2D eigenvalue weighted by atomic mass is 35.5. The smallest absolute Gasteiger partial charge is 0.339 e. The fourth-order valence-electron chi connectivity index (χ4n) is 3.27. The fourth-order valence-corrected chi connectivity index (χ4v) is 7.31. The summed E-state index contributed by atoms with van der Waals surface area (Å²) in [4.78, 5) is 23.4. The molecule has 1 saturated carbocycles. The zero-order valence-electron chi connectivity index (χ0n) is 14.0. The summed E-state index contributed by atoms with van der Waals surface area (Å²) in [6, 6.07) is 0. The Kier molecular flexibility index (Phi) is 8.34. The molecule has 0 spiro atoms. The molecule has 1 aliphatic heterocycles. The number of alkyl halides is 4.